The monoisotopic (exact) mass is 233 g/mol. The first-order valence-electron chi connectivity index (χ1n) is 3.39. The van der Waals surface area contributed by atoms with Crippen molar-refractivity contribution in [2.24, 2.45) is 0 Å². The molecule has 0 unspecified atom stereocenters. The van der Waals surface area contributed by atoms with Gasteiger partial charge >= 0.3 is 0 Å². The molecule has 1 aromatic carbocycles. The Morgan fingerprint density at radius 2 is 2.23 bits per heavy atom. The Morgan fingerprint density at radius 1 is 1.54 bits per heavy atom. The Kier molecular flexibility index (Phi) is 2.84. The average Bonchev–Trinajstić information content (AvgIpc) is 2.16. The second-order valence-electron chi connectivity index (χ2n) is 2.28. The van der Waals surface area contributed by atoms with Crippen LogP contribution >= 0.6 is 15.9 Å². The molecule has 0 atom stereocenters. The van der Waals surface area contributed by atoms with Crippen LogP contribution in [0.2, 0.25) is 0 Å². The van der Waals surface area contributed by atoms with Gasteiger partial charge in [-0.2, -0.15) is 5.26 Å². The van der Waals surface area contributed by atoms with E-state index in [0.29, 0.717) is 5.56 Å². The number of hydrogen-bond donors (Lipinski definition) is 0. The summed E-state index contributed by atoms with van der Waals surface area (Å²) in [7, 11) is 0. The lowest BCUT2D eigenvalue weighted by Gasteiger charge is -1.97. The topological polar surface area (TPSA) is 40.9 Å². The number of nitriles is 1. The first-order chi connectivity index (χ1) is 6.19. The van der Waals surface area contributed by atoms with Crippen LogP contribution in [0.15, 0.2) is 22.7 Å². The molecule has 62 valence electrons. The standard InChI is InChI=1S/C10H4BrNO/c1-2-10(13)9-5-8(11)4-3-7(9)6-12/h1,3-5H. The molecule has 1 rings (SSSR count). The van der Waals surface area contributed by atoms with E-state index in [0.717, 1.165) is 4.47 Å². The zero-order valence-corrected chi connectivity index (χ0v) is 8.13. The van der Waals surface area contributed by atoms with Crippen molar-refractivity contribution in [3.8, 4) is 18.4 Å². The maximum atomic E-state index is 11.1. The van der Waals surface area contributed by atoms with Crippen molar-refractivity contribution >= 4 is 21.7 Å². The van der Waals surface area contributed by atoms with Gasteiger partial charge in [-0.3, -0.25) is 4.79 Å². The third kappa shape index (κ3) is 1.96. The van der Waals surface area contributed by atoms with Crippen molar-refractivity contribution in [2.45, 2.75) is 0 Å². The first-order valence-corrected chi connectivity index (χ1v) is 4.19. The molecule has 0 bridgehead atoms. The normalized spacial score (nSPS) is 8.54. The highest BCUT2D eigenvalue weighted by atomic mass is 79.9. The van der Waals surface area contributed by atoms with Crippen molar-refractivity contribution in [3.63, 3.8) is 0 Å². The van der Waals surface area contributed by atoms with Gasteiger partial charge in [-0.1, -0.05) is 15.9 Å². The molecule has 0 aromatic heterocycles. The van der Waals surface area contributed by atoms with Gasteiger partial charge in [0, 0.05) is 10.0 Å². The SMILES string of the molecule is C#CC(=O)c1cc(Br)ccc1C#N. The number of ketones is 1. The van der Waals surface area contributed by atoms with Crippen LogP contribution in [0.4, 0.5) is 0 Å². The van der Waals surface area contributed by atoms with E-state index >= 15 is 0 Å². The number of Topliss-reactive ketones (excluding diaryl/α,β-unsaturated/α-hetero) is 1. The van der Waals surface area contributed by atoms with E-state index < -0.39 is 5.78 Å². The largest absolute Gasteiger partial charge is 0.279 e. The molecule has 3 heteroatoms. The highest BCUT2D eigenvalue weighted by Crippen LogP contribution is 2.16. The number of benzene rings is 1. The lowest BCUT2D eigenvalue weighted by molar-refractivity contribution is 0.105. The number of carbonyl (C=O) groups excluding carboxylic acids is 1. The fourth-order valence-corrected chi connectivity index (χ4v) is 1.24. The van der Waals surface area contributed by atoms with Crippen LogP contribution in [0.25, 0.3) is 0 Å². The molecule has 0 amide bonds. The number of carbonyl (C=O) groups is 1. The van der Waals surface area contributed by atoms with Gasteiger partial charge in [0.15, 0.2) is 0 Å². The van der Waals surface area contributed by atoms with Gasteiger partial charge in [0.25, 0.3) is 0 Å². The number of hydrogen-bond acceptors (Lipinski definition) is 2. The Bertz CT molecular complexity index is 437. The van der Waals surface area contributed by atoms with Crippen LogP contribution in [0, 0.1) is 23.7 Å². The molecule has 13 heavy (non-hydrogen) atoms. The summed E-state index contributed by atoms with van der Waals surface area (Å²) in [5.41, 5.74) is 0.561. The molecule has 0 aliphatic carbocycles. The molecule has 0 saturated carbocycles. The van der Waals surface area contributed by atoms with Crippen LogP contribution < -0.4 is 0 Å². The summed E-state index contributed by atoms with van der Waals surface area (Å²) in [4.78, 5) is 11.1. The second-order valence-corrected chi connectivity index (χ2v) is 3.19. The quantitative estimate of drug-likeness (QED) is 0.424. The fraction of sp³-hybridized carbons (Fsp3) is 0. The van der Waals surface area contributed by atoms with E-state index in [1.165, 1.54) is 0 Å². The highest BCUT2D eigenvalue weighted by molar-refractivity contribution is 9.10. The van der Waals surface area contributed by atoms with Crippen LogP contribution in [-0.4, -0.2) is 5.78 Å². The fourth-order valence-electron chi connectivity index (χ4n) is 0.880. The van der Waals surface area contributed by atoms with Gasteiger partial charge < -0.3 is 0 Å². The third-order valence-corrected chi connectivity index (χ3v) is 1.97. The smallest absolute Gasteiger partial charge is 0.236 e. The second kappa shape index (κ2) is 3.89. The molecular weight excluding hydrogens is 230 g/mol. The summed E-state index contributed by atoms with van der Waals surface area (Å²) in [6, 6.07) is 6.68. The van der Waals surface area contributed by atoms with Crippen molar-refractivity contribution in [1.82, 2.24) is 0 Å². The minimum atomic E-state index is -0.474. The van der Waals surface area contributed by atoms with E-state index in [1.807, 2.05) is 12.0 Å². The van der Waals surface area contributed by atoms with Crippen molar-refractivity contribution in [1.29, 1.82) is 5.26 Å². The lowest BCUT2D eigenvalue weighted by Crippen LogP contribution is -1.98. The van der Waals surface area contributed by atoms with Gasteiger partial charge in [0.05, 0.1) is 11.6 Å². The summed E-state index contributed by atoms with van der Waals surface area (Å²) in [6.45, 7) is 0. The molecule has 1 aromatic rings. The zero-order valence-electron chi connectivity index (χ0n) is 6.54. The molecular formula is C10H4BrNO. The van der Waals surface area contributed by atoms with E-state index in [9.17, 15) is 4.79 Å². The predicted octanol–water partition coefficient (Wildman–Crippen LogP) is 2.14. The third-order valence-electron chi connectivity index (χ3n) is 1.48. The molecule has 0 radical (unpaired) electrons. The number of rotatable bonds is 1. The van der Waals surface area contributed by atoms with E-state index in [-0.39, 0.29) is 5.56 Å². The molecule has 2 nitrogen and oxygen atoms in total. The van der Waals surface area contributed by atoms with Crippen molar-refractivity contribution in [3.05, 3.63) is 33.8 Å². The number of halogens is 1. The van der Waals surface area contributed by atoms with Gasteiger partial charge in [0.2, 0.25) is 5.78 Å². The minimum Gasteiger partial charge on any atom is -0.279 e. The maximum Gasteiger partial charge on any atom is 0.236 e. The molecule has 0 heterocycles. The Balaban J connectivity index is 3.36. The molecule has 0 aliphatic heterocycles. The predicted molar refractivity (Wildman–Crippen MR) is 52.0 cm³/mol. The molecule has 0 N–H and O–H groups in total. The van der Waals surface area contributed by atoms with Crippen LogP contribution in [0.5, 0.6) is 0 Å². The summed E-state index contributed by atoms with van der Waals surface area (Å²) in [5, 5.41) is 8.67. The van der Waals surface area contributed by atoms with Crippen molar-refractivity contribution in [2.75, 3.05) is 0 Å². The Hall–Kier alpha value is -1.58. The summed E-state index contributed by atoms with van der Waals surface area (Å²) >= 11 is 3.19. The van der Waals surface area contributed by atoms with Crippen molar-refractivity contribution < 1.29 is 4.79 Å². The minimum absolute atomic E-state index is 0.263. The summed E-state index contributed by atoms with van der Waals surface area (Å²) in [6.07, 6.45) is 4.95. The van der Waals surface area contributed by atoms with Crippen LogP contribution in [-0.2, 0) is 0 Å². The summed E-state index contributed by atoms with van der Waals surface area (Å²) in [5.74, 6) is 1.50. The van der Waals surface area contributed by atoms with Gasteiger partial charge in [0.1, 0.15) is 0 Å². The zero-order chi connectivity index (χ0) is 9.84. The van der Waals surface area contributed by atoms with E-state index in [2.05, 4.69) is 15.9 Å². The average molecular weight is 234 g/mol. The van der Waals surface area contributed by atoms with Gasteiger partial charge in [-0.05, 0) is 24.1 Å². The van der Waals surface area contributed by atoms with E-state index in [4.69, 9.17) is 11.7 Å². The number of nitrogens with zero attached hydrogens (tertiary/aromatic N) is 1. The molecule has 0 spiro atoms. The van der Waals surface area contributed by atoms with E-state index in [1.54, 1.807) is 18.2 Å². The number of terminal acetylenes is 1. The molecule has 0 fully saturated rings. The first kappa shape index (κ1) is 9.51. The van der Waals surface area contributed by atoms with Crippen LogP contribution in [0.1, 0.15) is 15.9 Å². The van der Waals surface area contributed by atoms with Gasteiger partial charge in [-0.15, -0.1) is 6.42 Å². The Labute approximate surface area is 84.3 Å². The van der Waals surface area contributed by atoms with Gasteiger partial charge in [-0.25, -0.2) is 0 Å². The molecule has 0 saturated heterocycles. The molecule has 0 aliphatic rings. The highest BCUT2D eigenvalue weighted by Gasteiger charge is 2.08. The lowest BCUT2D eigenvalue weighted by atomic mass is 10.1. The maximum absolute atomic E-state index is 11.1. The summed E-state index contributed by atoms with van der Waals surface area (Å²) < 4.78 is 0.727. The van der Waals surface area contributed by atoms with Crippen LogP contribution in [0.3, 0.4) is 0 Å². The Morgan fingerprint density at radius 3 is 2.77 bits per heavy atom.